The first-order chi connectivity index (χ1) is 10.1. The first kappa shape index (κ1) is 18.6. The first-order valence-corrected chi connectivity index (χ1v) is 9.26. The standard InChI is InChI=1S/C15H18AsF3N2O/c1-5-9-16-12-10(13(22)21-14(3,4)6-2)7-8-11(20-12)15(17,18)19/h2,7-8,16H,5,9H2,1,3-4H3,(H,21,22). The van der Waals surface area contributed by atoms with E-state index in [0.29, 0.717) is 0 Å². The van der Waals surface area contributed by atoms with Crippen LogP contribution >= 0.6 is 0 Å². The molecule has 1 aromatic heterocycles. The third-order valence-corrected chi connectivity index (χ3v) is 5.84. The van der Waals surface area contributed by atoms with Crippen LogP contribution in [-0.4, -0.2) is 32.2 Å². The van der Waals surface area contributed by atoms with Crippen molar-refractivity contribution in [1.82, 2.24) is 10.3 Å². The molecule has 0 saturated carbocycles. The Bertz CT molecular complexity index is 591. The van der Waals surface area contributed by atoms with E-state index in [0.717, 1.165) is 17.7 Å². The summed E-state index contributed by atoms with van der Waals surface area (Å²) in [5.41, 5.74) is -1.65. The molecule has 1 heterocycles. The molecule has 0 aliphatic rings. The van der Waals surface area contributed by atoms with Crippen LogP contribution in [0.1, 0.15) is 43.2 Å². The van der Waals surface area contributed by atoms with Crippen LogP contribution in [0.3, 0.4) is 0 Å². The van der Waals surface area contributed by atoms with E-state index < -0.39 is 39.1 Å². The maximum absolute atomic E-state index is 12.8. The van der Waals surface area contributed by atoms with Crippen molar-refractivity contribution in [1.29, 1.82) is 0 Å². The van der Waals surface area contributed by atoms with E-state index in [1.54, 1.807) is 13.8 Å². The first-order valence-electron chi connectivity index (χ1n) is 6.73. The van der Waals surface area contributed by atoms with Crippen LogP contribution in [0.25, 0.3) is 0 Å². The van der Waals surface area contributed by atoms with Gasteiger partial charge in [-0.1, -0.05) is 0 Å². The van der Waals surface area contributed by atoms with Crippen LogP contribution in [0.15, 0.2) is 12.1 Å². The van der Waals surface area contributed by atoms with Gasteiger partial charge in [-0.15, -0.1) is 0 Å². The van der Waals surface area contributed by atoms with Gasteiger partial charge in [0.15, 0.2) is 0 Å². The Hall–Kier alpha value is -1.47. The number of nitrogens with zero attached hydrogens (tertiary/aromatic N) is 1. The molecule has 0 aliphatic carbocycles. The quantitative estimate of drug-likeness (QED) is 0.634. The zero-order valence-corrected chi connectivity index (χ0v) is 14.7. The van der Waals surface area contributed by atoms with Crippen LogP contribution in [-0.2, 0) is 6.18 Å². The molecule has 1 amide bonds. The molecule has 1 atom stereocenters. The topological polar surface area (TPSA) is 42.0 Å². The number of aromatic nitrogens is 1. The molecule has 0 saturated heterocycles. The van der Waals surface area contributed by atoms with Crippen molar-refractivity contribution in [2.45, 2.75) is 44.1 Å². The van der Waals surface area contributed by atoms with E-state index in [2.05, 4.69) is 16.2 Å². The van der Waals surface area contributed by atoms with Crippen LogP contribution in [0.2, 0.25) is 5.21 Å². The molecular weight excluding hydrogens is 356 g/mol. The third kappa shape index (κ3) is 5.06. The summed E-state index contributed by atoms with van der Waals surface area (Å²) in [6, 6.07) is 2.02. The van der Waals surface area contributed by atoms with E-state index in [1.165, 1.54) is 6.07 Å². The molecule has 1 N–H and O–H groups in total. The second kappa shape index (κ2) is 7.19. The molecule has 1 aromatic rings. The predicted molar refractivity (Wildman–Crippen MR) is 81.5 cm³/mol. The average Bonchev–Trinajstić information content (AvgIpc) is 2.43. The molecule has 7 heteroatoms. The van der Waals surface area contributed by atoms with E-state index >= 15 is 0 Å². The van der Waals surface area contributed by atoms with Crippen LogP contribution < -0.4 is 9.80 Å². The number of amides is 1. The number of terminal acetylenes is 1. The van der Waals surface area contributed by atoms with Gasteiger partial charge in [0.05, 0.1) is 0 Å². The minimum absolute atomic E-state index is 0.185. The Morgan fingerprint density at radius 3 is 2.55 bits per heavy atom. The normalized spacial score (nSPS) is 12.4. The molecular formula is C15H18AsF3N2O. The van der Waals surface area contributed by atoms with E-state index in [-0.39, 0.29) is 10.0 Å². The van der Waals surface area contributed by atoms with Gasteiger partial charge >= 0.3 is 134 Å². The summed E-state index contributed by atoms with van der Waals surface area (Å²) in [6.45, 7) is 5.23. The fourth-order valence-electron chi connectivity index (χ4n) is 1.57. The monoisotopic (exact) mass is 374 g/mol. The Morgan fingerprint density at radius 2 is 2.05 bits per heavy atom. The van der Waals surface area contributed by atoms with Gasteiger partial charge in [-0.2, -0.15) is 0 Å². The zero-order chi connectivity index (χ0) is 17.0. The van der Waals surface area contributed by atoms with Gasteiger partial charge in [-0.25, -0.2) is 0 Å². The van der Waals surface area contributed by atoms with Gasteiger partial charge in [0.1, 0.15) is 0 Å². The SMILES string of the molecule is C#CC(C)(C)NC(=O)c1ccc(C(F)(F)F)nc1[AsH]CCC. The molecule has 0 bridgehead atoms. The van der Waals surface area contributed by atoms with Crippen LogP contribution in [0.5, 0.6) is 0 Å². The molecule has 1 unspecified atom stereocenters. The van der Waals surface area contributed by atoms with Gasteiger partial charge in [0.2, 0.25) is 0 Å². The number of hydrogen-bond acceptors (Lipinski definition) is 2. The number of halogens is 3. The van der Waals surface area contributed by atoms with Crippen molar-refractivity contribution in [3.8, 4) is 12.3 Å². The predicted octanol–water partition coefficient (Wildman–Crippen LogP) is 2.13. The summed E-state index contributed by atoms with van der Waals surface area (Å²) in [6.07, 6.45) is 1.64. The summed E-state index contributed by atoms with van der Waals surface area (Å²) in [7, 11) is 0. The molecule has 0 fully saturated rings. The second-order valence-corrected chi connectivity index (χ2v) is 8.03. The second-order valence-electron chi connectivity index (χ2n) is 5.24. The number of carbonyl (C=O) groups is 1. The Morgan fingerprint density at radius 1 is 1.41 bits per heavy atom. The zero-order valence-electron chi connectivity index (χ0n) is 12.6. The summed E-state index contributed by atoms with van der Waals surface area (Å²) in [5.74, 6) is 1.93. The van der Waals surface area contributed by atoms with E-state index in [1.807, 2.05) is 6.92 Å². The molecule has 22 heavy (non-hydrogen) atoms. The Balaban J connectivity index is 3.18. The molecule has 3 nitrogen and oxygen atoms in total. The summed E-state index contributed by atoms with van der Waals surface area (Å²) < 4.78 is 38.6. The van der Waals surface area contributed by atoms with Gasteiger partial charge < -0.3 is 0 Å². The average molecular weight is 374 g/mol. The number of carbonyl (C=O) groups excluding carboxylic acids is 1. The number of nitrogens with one attached hydrogen (secondary N) is 1. The van der Waals surface area contributed by atoms with Crippen LogP contribution in [0.4, 0.5) is 13.2 Å². The number of hydrogen-bond donors (Lipinski definition) is 1. The minimum atomic E-state index is -4.51. The fourth-order valence-corrected chi connectivity index (χ4v) is 3.82. The molecule has 0 spiro atoms. The fraction of sp³-hybridized carbons (Fsp3) is 0.467. The van der Waals surface area contributed by atoms with Crippen molar-refractivity contribution in [3.63, 3.8) is 0 Å². The number of rotatable bonds is 5. The van der Waals surface area contributed by atoms with Crippen molar-refractivity contribution < 1.29 is 18.0 Å². The Kier molecular flexibility index (Phi) is 6.07. The molecule has 0 aromatic carbocycles. The van der Waals surface area contributed by atoms with Crippen molar-refractivity contribution in [3.05, 3.63) is 23.4 Å². The molecule has 1 rings (SSSR count). The Labute approximate surface area is 134 Å². The van der Waals surface area contributed by atoms with E-state index in [9.17, 15) is 18.0 Å². The number of pyridine rings is 1. The van der Waals surface area contributed by atoms with Gasteiger partial charge in [-0.05, 0) is 0 Å². The van der Waals surface area contributed by atoms with Gasteiger partial charge in [-0.3, -0.25) is 0 Å². The van der Waals surface area contributed by atoms with Gasteiger partial charge in [0, 0.05) is 0 Å². The molecule has 120 valence electrons. The summed E-state index contributed by atoms with van der Waals surface area (Å²) in [4.78, 5) is 15.9. The van der Waals surface area contributed by atoms with E-state index in [4.69, 9.17) is 6.42 Å². The third-order valence-electron chi connectivity index (χ3n) is 2.76. The van der Waals surface area contributed by atoms with Crippen molar-refractivity contribution in [2.24, 2.45) is 0 Å². The summed E-state index contributed by atoms with van der Waals surface area (Å²) >= 11 is -0.910. The van der Waals surface area contributed by atoms with Gasteiger partial charge in [0.25, 0.3) is 0 Å². The molecule has 0 radical (unpaired) electrons. The maximum atomic E-state index is 12.8. The van der Waals surface area contributed by atoms with Crippen molar-refractivity contribution in [2.75, 3.05) is 0 Å². The summed E-state index contributed by atoms with van der Waals surface area (Å²) in [5, 5.41) is 3.39. The van der Waals surface area contributed by atoms with Crippen molar-refractivity contribution >= 4 is 26.1 Å². The van der Waals surface area contributed by atoms with Crippen LogP contribution in [0, 0.1) is 12.3 Å². The number of alkyl halides is 3. The molecule has 0 aliphatic heterocycles.